The Morgan fingerprint density at radius 1 is 1.14 bits per heavy atom. The monoisotopic (exact) mass is 302 g/mol. The summed E-state index contributed by atoms with van der Waals surface area (Å²) in [6, 6.07) is 5.61. The minimum absolute atomic E-state index is 0.144. The topological polar surface area (TPSA) is 53.0 Å². The van der Waals surface area contributed by atoms with Crippen LogP contribution in [0, 0.1) is 10.8 Å². The lowest BCUT2D eigenvalue weighted by atomic mass is 9.62. The second-order valence-electron chi connectivity index (χ2n) is 7.57. The molecule has 4 saturated heterocycles. The molecule has 0 spiro atoms. The minimum atomic E-state index is -0.254. The largest absolute Gasteiger partial charge is 0.504 e. The molecular formula is C17H22N2O3. The highest BCUT2D eigenvalue weighted by atomic mass is 16.5. The highest BCUT2D eigenvalue weighted by molar-refractivity contribution is 5.92. The molecule has 0 saturated carbocycles. The van der Waals surface area contributed by atoms with E-state index in [0.29, 0.717) is 11.5 Å². The molecule has 0 amide bonds. The fraction of sp³-hybridized carbons (Fsp3) is 0.588. The number of carbonyl (C=O) groups excluding carboxylic acids is 1. The molecule has 118 valence electrons. The van der Waals surface area contributed by atoms with Crippen molar-refractivity contribution in [1.29, 1.82) is 0 Å². The van der Waals surface area contributed by atoms with E-state index in [1.54, 1.807) is 13.2 Å². The first-order valence-corrected chi connectivity index (χ1v) is 7.76. The average molecular weight is 302 g/mol. The first-order valence-electron chi connectivity index (χ1n) is 7.76. The SMILES string of the molecule is COc1ccc(C2N3CC4(C)CN2CC(C)(C3)C4=O)cc1O. The van der Waals surface area contributed by atoms with Crippen LogP contribution in [0.4, 0.5) is 0 Å². The van der Waals surface area contributed by atoms with Gasteiger partial charge in [-0.25, -0.2) is 0 Å². The van der Waals surface area contributed by atoms with Crippen LogP contribution >= 0.6 is 0 Å². The van der Waals surface area contributed by atoms with E-state index in [2.05, 4.69) is 23.6 Å². The van der Waals surface area contributed by atoms with Crippen LogP contribution in [-0.4, -0.2) is 54.0 Å². The van der Waals surface area contributed by atoms with E-state index in [4.69, 9.17) is 4.74 Å². The lowest BCUT2D eigenvalue weighted by molar-refractivity contribution is -0.197. The van der Waals surface area contributed by atoms with Crippen molar-refractivity contribution >= 4 is 5.78 Å². The minimum Gasteiger partial charge on any atom is -0.504 e. The van der Waals surface area contributed by atoms with Crippen LogP contribution in [0.15, 0.2) is 18.2 Å². The van der Waals surface area contributed by atoms with Gasteiger partial charge in [0, 0.05) is 26.2 Å². The van der Waals surface area contributed by atoms with E-state index >= 15 is 0 Å². The molecule has 0 atom stereocenters. The molecule has 4 aliphatic heterocycles. The van der Waals surface area contributed by atoms with Crippen LogP contribution in [0.25, 0.3) is 0 Å². The van der Waals surface area contributed by atoms with Crippen LogP contribution in [0.1, 0.15) is 25.6 Å². The first kappa shape index (κ1) is 14.0. The Morgan fingerprint density at radius 2 is 1.68 bits per heavy atom. The molecule has 4 fully saturated rings. The summed E-state index contributed by atoms with van der Waals surface area (Å²) in [5.74, 6) is 1.08. The highest BCUT2D eigenvalue weighted by Gasteiger charge is 2.62. The van der Waals surface area contributed by atoms with Gasteiger partial charge in [0.15, 0.2) is 11.5 Å². The van der Waals surface area contributed by atoms with Gasteiger partial charge < -0.3 is 9.84 Å². The molecule has 1 aromatic carbocycles. The quantitative estimate of drug-likeness (QED) is 0.900. The van der Waals surface area contributed by atoms with E-state index in [0.717, 1.165) is 31.7 Å². The first-order chi connectivity index (χ1) is 10.4. The zero-order chi connectivity index (χ0) is 15.7. The van der Waals surface area contributed by atoms with Crippen LogP contribution in [0.2, 0.25) is 0 Å². The van der Waals surface area contributed by atoms with Gasteiger partial charge >= 0.3 is 0 Å². The summed E-state index contributed by atoms with van der Waals surface area (Å²) in [7, 11) is 1.55. The zero-order valence-electron chi connectivity index (χ0n) is 13.3. The Balaban J connectivity index is 1.72. The van der Waals surface area contributed by atoms with Gasteiger partial charge in [-0.3, -0.25) is 14.6 Å². The Labute approximate surface area is 130 Å². The molecule has 4 aliphatic rings. The van der Waals surface area contributed by atoms with Gasteiger partial charge in [-0.1, -0.05) is 19.9 Å². The van der Waals surface area contributed by atoms with Gasteiger partial charge in [0.1, 0.15) is 5.78 Å². The number of ketones is 1. The number of aromatic hydroxyl groups is 1. The van der Waals surface area contributed by atoms with Crippen LogP contribution < -0.4 is 4.74 Å². The molecule has 1 aromatic rings. The predicted octanol–water partition coefficient (Wildman–Crippen LogP) is 1.63. The number of methoxy groups -OCH3 is 1. The number of phenolic OH excluding ortho intramolecular Hbond substituents is 1. The number of hydrogen-bond acceptors (Lipinski definition) is 5. The Bertz CT molecular complexity index is 617. The molecule has 5 heteroatoms. The third kappa shape index (κ3) is 1.69. The second kappa shape index (κ2) is 4.24. The molecule has 5 nitrogen and oxygen atoms in total. The molecule has 22 heavy (non-hydrogen) atoms. The number of phenols is 1. The summed E-state index contributed by atoms with van der Waals surface area (Å²) in [5, 5.41) is 10.1. The molecule has 0 radical (unpaired) electrons. The predicted molar refractivity (Wildman–Crippen MR) is 81.8 cm³/mol. The maximum absolute atomic E-state index is 12.7. The van der Waals surface area contributed by atoms with Gasteiger partial charge in [-0.15, -0.1) is 0 Å². The van der Waals surface area contributed by atoms with Crippen molar-refractivity contribution in [3.8, 4) is 11.5 Å². The zero-order valence-corrected chi connectivity index (χ0v) is 13.3. The molecule has 4 heterocycles. The van der Waals surface area contributed by atoms with Crippen LogP contribution in [-0.2, 0) is 4.79 Å². The van der Waals surface area contributed by atoms with E-state index in [1.165, 1.54) is 0 Å². The molecule has 1 N–H and O–H groups in total. The summed E-state index contributed by atoms with van der Waals surface area (Å²) >= 11 is 0. The fourth-order valence-corrected chi connectivity index (χ4v) is 4.89. The maximum atomic E-state index is 12.7. The van der Waals surface area contributed by atoms with E-state index in [1.807, 2.05) is 12.1 Å². The maximum Gasteiger partial charge on any atom is 0.160 e. The fourth-order valence-electron chi connectivity index (χ4n) is 4.89. The lowest BCUT2D eigenvalue weighted by Crippen LogP contribution is -2.75. The van der Waals surface area contributed by atoms with Crippen molar-refractivity contribution in [1.82, 2.24) is 9.80 Å². The summed E-state index contributed by atoms with van der Waals surface area (Å²) in [5.41, 5.74) is 0.559. The summed E-state index contributed by atoms with van der Waals surface area (Å²) in [6.07, 6.45) is 0.144. The van der Waals surface area contributed by atoms with E-state index in [-0.39, 0.29) is 22.7 Å². The average Bonchev–Trinajstić information content (AvgIpc) is 2.43. The van der Waals surface area contributed by atoms with Gasteiger partial charge in [0.05, 0.1) is 24.1 Å². The van der Waals surface area contributed by atoms with Crippen LogP contribution in [0.3, 0.4) is 0 Å². The van der Waals surface area contributed by atoms with Crippen molar-refractivity contribution in [2.24, 2.45) is 10.8 Å². The normalized spacial score (nSPS) is 42.7. The summed E-state index contributed by atoms with van der Waals surface area (Å²) in [6.45, 7) is 7.39. The Morgan fingerprint density at radius 3 is 2.14 bits per heavy atom. The molecule has 4 bridgehead atoms. The molecule has 0 aromatic heterocycles. The van der Waals surface area contributed by atoms with Gasteiger partial charge in [-0.2, -0.15) is 0 Å². The van der Waals surface area contributed by atoms with Crippen LogP contribution in [0.5, 0.6) is 11.5 Å². The second-order valence-corrected chi connectivity index (χ2v) is 7.57. The Hall–Kier alpha value is -1.59. The molecule has 0 aliphatic carbocycles. The Kier molecular flexibility index (Phi) is 2.70. The number of benzene rings is 1. The smallest absolute Gasteiger partial charge is 0.160 e. The number of piperidine rings is 2. The van der Waals surface area contributed by atoms with Crippen molar-refractivity contribution in [2.45, 2.75) is 20.0 Å². The van der Waals surface area contributed by atoms with E-state index in [9.17, 15) is 9.90 Å². The number of Topliss-reactive ketones (excluding diaryl/α,β-unsaturated/α-hetero) is 1. The lowest BCUT2D eigenvalue weighted by Gasteiger charge is -2.64. The van der Waals surface area contributed by atoms with Crippen molar-refractivity contribution < 1.29 is 14.6 Å². The molecule has 5 rings (SSSR count). The standard InChI is InChI=1S/C17H22N2O3/c1-16-7-18-9-17(2,15(16)21)10-19(8-16)14(18)11-4-5-13(22-3)12(20)6-11/h4-6,14,20H,7-10H2,1-3H3. The number of ether oxygens (including phenoxy) is 1. The molecular weight excluding hydrogens is 280 g/mol. The van der Waals surface area contributed by atoms with Gasteiger partial charge in [-0.05, 0) is 17.7 Å². The third-order valence-corrected chi connectivity index (χ3v) is 5.50. The van der Waals surface area contributed by atoms with Crippen molar-refractivity contribution in [2.75, 3.05) is 33.3 Å². The van der Waals surface area contributed by atoms with Crippen molar-refractivity contribution in [3.63, 3.8) is 0 Å². The number of rotatable bonds is 2. The summed E-state index contributed by atoms with van der Waals surface area (Å²) in [4.78, 5) is 17.5. The van der Waals surface area contributed by atoms with Gasteiger partial charge in [0.2, 0.25) is 0 Å². The molecule has 0 unspecified atom stereocenters. The summed E-state index contributed by atoms with van der Waals surface area (Å²) < 4.78 is 5.13. The van der Waals surface area contributed by atoms with E-state index < -0.39 is 0 Å². The third-order valence-electron chi connectivity index (χ3n) is 5.50. The number of carbonyl (C=O) groups is 1. The highest BCUT2D eigenvalue weighted by Crippen LogP contribution is 2.52. The van der Waals surface area contributed by atoms with Gasteiger partial charge in [0.25, 0.3) is 0 Å². The number of hydrogen-bond donors (Lipinski definition) is 1. The number of nitrogens with zero attached hydrogens (tertiary/aromatic N) is 2. The van der Waals surface area contributed by atoms with Crippen molar-refractivity contribution in [3.05, 3.63) is 23.8 Å².